The lowest BCUT2D eigenvalue weighted by Gasteiger charge is -2.09. The molecule has 0 atom stereocenters. The van der Waals surface area contributed by atoms with Crippen molar-refractivity contribution in [1.82, 2.24) is 0 Å². The summed E-state index contributed by atoms with van der Waals surface area (Å²) in [7, 11) is 0. The van der Waals surface area contributed by atoms with E-state index in [4.69, 9.17) is 4.74 Å². The van der Waals surface area contributed by atoms with Gasteiger partial charge in [-0.05, 0) is 121 Å². The lowest BCUT2D eigenvalue weighted by atomic mass is 9.98. The number of ether oxygens (including phenoxy) is 1. The van der Waals surface area contributed by atoms with Gasteiger partial charge in [0.15, 0.2) is 0 Å². The smallest absolute Gasteiger partial charge is 0.119 e. The monoisotopic (exact) mass is 654 g/mol. The minimum absolute atomic E-state index is 0.780. The van der Waals surface area contributed by atoms with Gasteiger partial charge in [0.25, 0.3) is 0 Å². The summed E-state index contributed by atoms with van der Waals surface area (Å²) in [5, 5.41) is 2.50. The third kappa shape index (κ3) is 9.24. The number of rotatable bonds is 16. The fraction of sp³-hybridized carbons (Fsp3) is 0.412. The Kier molecular flexibility index (Phi) is 12.2. The summed E-state index contributed by atoms with van der Waals surface area (Å²) in [6.07, 6.45) is 15.2. The fourth-order valence-corrected chi connectivity index (χ4v) is 7.89. The third-order valence-corrected chi connectivity index (χ3v) is 9.72. The summed E-state index contributed by atoms with van der Waals surface area (Å²) in [5.41, 5.74) is 5.44. The molecular formula is C34H40Br2OS. The topological polar surface area (TPSA) is 9.23 Å². The van der Waals surface area contributed by atoms with E-state index in [1.54, 1.807) is 11.3 Å². The highest BCUT2D eigenvalue weighted by molar-refractivity contribution is 9.12. The predicted octanol–water partition coefficient (Wildman–Crippen LogP) is 12.2. The number of unbranched alkanes of at least 4 members (excludes halogenated alkanes) is 8. The summed E-state index contributed by atoms with van der Waals surface area (Å²) < 4.78 is 8.54. The molecule has 0 unspecified atom stereocenters. The first-order chi connectivity index (χ1) is 18.6. The molecule has 1 nitrogen and oxygen atoms in total. The normalized spacial score (nSPS) is 11.3. The van der Waals surface area contributed by atoms with Crippen LogP contribution in [0.25, 0.3) is 21.9 Å². The van der Waals surface area contributed by atoms with E-state index in [1.165, 1.54) is 105 Å². The van der Waals surface area contributed by atoms with Gasteiger partial charge < -0.3 is 4.74 Å². The number of hydrogen-bond donors (Lipinski definition) is 0. The first-order valence-corrected chi connectivity index (χ1v) is 16.7. The highest BCUT2D eigenvalue weighted by Crippen LogP contribution is 2.33. The lowest BCUT2D eigenvalue weighted by Crippen LogP contribution is -1.97. The maximum atomic E-state index is 6.08. The Morgan fingerprint density at radius 1 is 0.632 bits per heavy atom. The quantitative estimate of drug-likeness (QED) is 0.109. The number of thiophene rings is 1. The standard InChI is InChI=1S/C34H40Br2OS/c1-2-3-4-5-6-9-12-26-14-16-27(17-15-26)28-18-19-30-24-32(21-20-29(30)23-28)37-22-11-8-7-10-13-31-25-33(35)38-34(31)36/h14-21,23-25H,2-13,22H2,1H3. The second kappa shape index (κ2) is 15.8. The molecule has 0 bridgehead atoms. The van der Waals surface area contributed by atoms with Crippen molar-refractivity contribution in [3.8, 4) is 16.9 Å². The number of fused-ring (bicyclic) bond motifs is 1. The summed E-state index contributed by atoms with van der Waals surface area (Å²) in [4.78, 5) is 0. The van der Waals surface area contributed by atoms with Crippen molar-refractivity contribution in [3.05, 3.63) is 85.4 Å². The summed E-state index contributed by atoms with van der Waals surface area (Å²) >= 11 is 8.98. The van der Waals surface area contributed by atoms with Gasteiger partial charge in [0.1, 0.15) is 5.75 Å². The zero-order chi connectivity index (χ0) is 26.6. The minimum Gasteiger partial charge on any atom is -0.494 e. The molecule has 0 saturated heterocycles. The lowest BCUT2D eigenvalue weighted by molar-refractivity contribution is 0.305. The molecule has 0 aliphatic carbocycles. The van der Waals surface area contributed by atoms with Crippen LogP contribution in [-0.2, 0) is 12.8 Å². The van der Waals surface area contributed by atoms with Crippen molar-refractivity contribution in [2.75, 3.05) is 6.61 Å². The molecule has 0 fully saturated rings. The van der Waals surface area contributed by atoms with E-state index >= 15 is 0 Å². The van der Waals surface area contributed by atoms with Crippen LogP contribution in [0, 0.1) is 0 Å². The van der Waals surface area contributed by atoms with Crippen LogP contribution < -0.4 is 4.74 Å². The Morgan fingerprint density at radius 3 is 2.05 bits per heavy atom. The van der Waals surface area contributed by atoms with Gasteiger partial charge >= 0.3 is 0 Å². The van der Waals surface area contributed by atoms with E-state index in [0.29, 0.717) is 0 Å². The van der Waals surface area contributed by atoms with Crippen molar-refractivity contribution in [3.63, 3.8) is 0 Å². The van der Waals surface area contributed by atoms with Crippen LogP contribution in [0.15, 0.2) is 74.3 Å². The van der Waals surface area contributed by atoms with Crippen LogP contribution in [0.4, 0.5) is 0 Å². The van der Waals surface area contributed by atoms with Gasteiger partial charge in [-0.25, -0.2) is 0 Å². The third-order valence-electron chi connectivity index (χ3n) is 7.25. The van der Waals surface area contributed by atoms with Gasteiger partial charge in [-0.3, -0.25) is 0 Å². The maximum Gasteiger partial charge on any atom is 0.119 e. The Bertz CT molecular complexity index is 1260. The first-order valence-electron chi connectivity index (χ1n) is 14.3. The van der Waals surface area contributed by atoms with Crippen LogP contribution in [0.3, 0.4) is 0 Å². The molecule has 4 aromatic rings. The largest absolute Gasteiger partial charge is 0.494 e. The van der Waals surface area contributed by atoms with Crippen LogP contribution in [0.2, 0.25) is 0 Å². The molecule has 4 rings (SSSR count). The van der Waals surface area contributed by atoms with E-state index in [9.17, 15) is 0 Å². The molecule has 3 aromatic carbocycles. The number of halogens is 2. The molecule has 1 aromatic heterocycles. The average molecular weight is 657 g/mol. The summed E-state index contributed by atoms with van der Waals surface area (Å²) in [6.45, 7) is 3.06. The van der Waals surface area contributed by atoms with Gasteiger partial charge in [0.2, 0.25) is 0 Å². The molecule has 1 heterocycles. The van der Waals surface area contributed by atoms with Crippen LogP contribution >= 0.6 is 43.2 Å². The number of benzene rings is 3. The van der Waals surface area contributed by atoms with Crippen molar-refractivity contribution < 1.29 is 4.74 Å². The Balaban J connectivity index is 1.19. The van der Waals surface area contributed by atoms with E-state index in [0.717, 1.165) is 25.2 Å². The molecule has 0 amide bonds. The van der Waals surface area contributed by atoms with Gasteiger partial charge in [-0.15, -0.1) is 11.3 Å². The second-order valence-electron chi connectivity index (χ2n) is 10.3. The van der Waals surface area contributed by atoms with Crippen LogP contribution in [-0.4, -0.2) is 6.61 Å². The van der Waals surface area contributed by atoms with Crippen molar-refractivity contribution >= 4 is 54.0 Å². The summed E-state index contributed by atoms with van der Waals surface area (Å²) in [5.74, 6) is 0.969. The minimum atomic E-state index is 0.780. The highest BCUT2D eigenvalue weighted by Gasteiger charge is 2.05. The van der Waals surface area contributed by atoms with E-state index in [1.807, 2.05) is 0 Å². The van der Waals surface area contributed by atoms with Gasteiger partial charge in [-0.1, -0.05) is 94.3 Å². The average Bonchev–Trinajstić information content (AvgIpc) is 3.26. The molecule has 0 aliphatic heterocycles. The maximum absolute atomic E-state index is 6.08. The van der Waals surface area contributed by atoms with E-state index in [2.05, 4.69) is 106 Å². The summed E-state index contributed by atoms with van der Waals surface area (Å²) in [6, 6.07) is 24.6. The van der Waals surface area contributed by atoms with Gasteiger partial charge in [-0.2, -0.15) is 0 Å². The van der Waals surface area contributed by atoms with Gasteiger partial charge in [0, 0.05) is 0 Å². The van der Waals surface area contributed by atoms with Crippen molar-refractivity contribution in [1.29, 1.82) is 0 Å². The molecule has 0 N–H and O–H groups in total. The van der Waals surface area contributed by atoms with Crippen molar-refractivity contribution in [2.24, 2.45) is 0 Å². The van der Waals surface area contributed by atoms with Crippen LogP contribution in [0.5, 0.6) is 5.75 Å². The number of hydrogen-bond acceptors (Lipinski definition) is 2. The molecule has 0 spiro atoms. The SMILES string of the molecule is CCCCCCCCc1ccc(-c2ccc3cc(OCCCCCCc4cc(Br)sc4Br)ccc3c2)cc1. The number of aryl methyl sites for hydroxylation is 2. The molecule has 0 saturated carbocycles. The Morgan fingerprint density at radius 2 is 1.29 bits per heavy atom. The second-order valence-corrected chi connectivity index (χ2v) is 14.0. The molecule has 38 heavy (non-hydrogen) atoms. The highest BCUT2D eigenvalue weighted by atomic mass is 79.9. The molecule has 202 valence electrons. The predicted molar refractivity (Wildman–Crippen MR) is 174 cm³/mol. The van der Waals surface area contributed by atoms with Gasteiger partial charge in [0.05, 0.1) is 14.2 Å². The fourth-order valence-electron chi connectivity index (χ4n) is 4.97. The molecule has 0 radical (unpaired) electrons. The van der Waals surface area contributed by atoms with Crippen LogP contribution in [0.1, 0.15) is 82.3 Å². The first kappa shape index (κ1) is 29.4. The van der Waals surface area contributed by atoms with E-state index in [-0.39, 0.29) is 0 Å². The molecular weight excluding hydrogens is 616 g/mol. The van der Waals surface area contributed by atoms with E-state index < -0.39 is 0 Å². The van der Waals surface area contributed by atoms with Crippen molar-refractivity contribution in [2.45, 2.75) is 84.0 Å². The zero-order valence-corrected chi connectivity index (χ0v) is 26.6. The Labute approximate surface area is 250 Å². The molecule has 4 heteroatoms. The molecule has 0 aliphatic rings. The Hall–Kier alpha value is -1.62. The zero-order valence-electron chi connectivity index (χ0n) is 22.6.